The highest BCUT2D eigenvalue weighted by Gasteiger charge is 2.41. The zero-order chi connectivity index (χ0) is 14.8. The van der Waals surface area contributed by atoms with Gasteiger partial charge in [-0.1, -0.05) is 30.3 Å². The van der Waals surface area contributed by atoms with E-state index in [1.54, 1.807) is 4.90 Å². The number of carbonyl (C=O) groups is 1. The van der Waals surface area contributed by atoms with E-state index in [4.69, 9.17) is 0 Å². The lowest BCUT2D eigenvalue weighted by Crippen LogP contribution is -2.62. The van der Waals surface area contributed by atoms with E-state index >= 15 is 0 Å². The summed E-state index contributed by atoms with van der Waals surface area (Å²) in [6, 6.07) is 12.1. The van der Waals surface area contributed by atoms with Gasteiger partial charge in [0.15, 0.2) is 0 Å². The van der Waals surface area contributed by atoms with E-state index in [-0.39, 0.29) is 11.8 Å². The number of carbonyl (C=O) groups excluding carboxylic acids is 1. The van der Waals surface area contributed by atoms with Gasteiger partial charge >= 0.3 is 0 Å². The molecule has 20 heavy (non-hydrogen) atoms. The van der Waals surface area contributed by atoms with Gasteiger partial charge in [-0.25, -0.2) is 0 Å². The molecule has 0 bridgehead atoms. The van der Waals surface area contributed by atoms with Gasteiger partial charge in [-0.15, -0.1) is 0 Å². The van der Waals surface area contributed by atoms with Gasteiger partial charge < -0.3 is 4.90 Å². The second-order valence-corrected chi connectivity index (χ2v) is 5.82. The Balaban J connectivity index is 2.16. The standard InChI is InChI=1S/C16H21N3O/c1-16(2)15(20)18(3)9-10-19(16)12-14(11-17)13-7-5-4-6-8-13/h4-8,14H,9-10,12H2,1-3H3. The summed E-state index contributed by atoms with van der Waals surface area (Å²) in [6.07, 6.45) is 0. The van der Waals surface area contributed by atoms with E-state index in [9.17, 15) is 10.1 Å². The molecule has 4 nitrogen and oxygen atoms in total. The Morgan fingerprint density at radius 1 is 1.30 bits per heavy atom. The smallest absolute Gasteiger partial charge is 0.242 e. The molecule has 4 heteroatoms. The predicted octanol–water partition coefficient (Wildman–Crippen LogP) is 1.85. The summed E-state index contributed by atoms with van der Waals surface area (Å²) < 4.78 is 0. The van der Waals surface area contributed by atoms with E-state index in [0.29, 0.717) is 6.54 Å². The van der Waals surface area contributed by atoms with Gasteiger partial charge in [-0.3, -0.25) is 9.69 Å². The van der Waals surface area contributed by atoms with Gasteiger partial charge in [-0.05, 0) is 19.4 Å². The van der Waals surface area contributed by atoms with Crippen LogP contribution in [-0.4, -0.2) is 47.9 Å². The van der Waals surface area contributed by atoms with Gasteiger partial charge in [0.1, 0.15) is 0 Å². The third-order valence-electron chi connectivity index (χ3n) is 4.13. The summed E-state index contributed by atoms with van der Waals surface area (Å²) in [5.74, 6) is -0.0832. The number of hydrogen-bond donors (Lipinski definition) is 0. The minimum atomic E-state index is -0.545. The van der Waals surface area contributed by atoms with E-state index < -0.39 is 5.54 Å². The highest BCUT2D eigenvalue weighted by atomic mass is 16.2. The Hall–Kier alpha value is -1.86. The molecule has 1 fully saturated rings. The third-order valence-corrected chi connectivity index (χ3v) is 4.13. The first-order valence-electron chi connectivity index (χ1n) is 6.92. The van der Waals surface area contributed by atoms with Crippen LogP contribution in [0.2, 0.25) is 0 Å². The first-order valence-corrected chi connectivity index (χ1v) is 6.92. The van der Waals surface area contributed by atoms with Gasteiger partial charge in [0.05, 0.1) is 17.5 Å². The number of benzene rings is 1. The number of amides is 1. The Kier molecular flexibility index (Phi) is 4.10. The molecule has 2 rings (SSSR count). The zero-order valence-corrected chi connectivity index (χ0v) is 12.3. The number of rotatable bonds is 3. The zero-order valence-electron chi connectivity index (χ0n) is 12.3. The number of hydrogen-bond acceptors (Lipinski definition) is 3. The maximum Gasteiger partial charge on any atom is 0.242 e. The summed E-state index contributed by atoms with van der Waals surface area (Å²) in [4.78, 5) is 16.2. The molecule has 1 saturated heterocycles. The van der Waals surface area contributed by atoms with E-state index in [1.807, 2.05) is 51.2 Å². The molecule has 0 spiro atoms. The minimum Gasteiger partial charge on any atom is -0.343 e. The Morgan fingerprint density at radius 2 is 1.95 bits per heavy atom. The van der Waals surface area contributed by atoms with Crippen molar-refractivity contribution in [2.45, 2.75) is 25.3 Å². The maximum absolute atomic E-state index is 12.3. The van der Waals surface area contributed by atoms with Crippen LogP contribution in [0.4, 0.5) is 0 Å². The molecule has 0 radical (unpaired) electrons. The lowest BCUT2D eigenvalue weighted by Gasteiger charge is -2.45. The Bertz CT molecular complexity index is 518. The molecular weight excluding hydrogens is 250 g/mol. The summed E-state index contributed by atoms with van der Waals surface area (Å²) in [6.45, 7) is 5.98. The second-order valence-electron chi connectivity index (χ2n) is 5.82. The molecule has 1 aromatic carbocycles. The summed E-state index contributed by atoms with van der Waals surface area (Å²) in [5.41, 5.74) is 0.467. The van der Waals surface area contributed by atoms with Gasteiger partial charge in [-0.2, -0.15) is 5.26 Å². The van der Waals surface area contributed by atoms with Gasteiger partial charge in [0.25, 0.3) is 0 Å². The predicted molar refractivity (Wildman–Crippen MR) is 78.1 cm³/mol. The first-order chi connectivity index (χ1) is 9.46. The lowest BCUT2D eigenvalue weighted by molar-refractivity contribution is -0.147. The number of nitrogens with zero attached hydrogens (tertiary/aromatic N) is 3. The lowest BCUT2D eigenvalue weighted by atomic mass is 9.93. The highest BCUT2D eigenvalue weighted by molar-refractivity contribution is 5.86. The van der Waals surface area contributed by atoms with Crippen molar-refractivity contribution in [2.24, 2.45) is 0 Å². The summed E-state index contributed by atoms with van der Waals surface area (Å²) in [7, 11) is 1.83. The fraction of sp³-hybridized carbons (Fsp3) is 0.500. The molecule has 0 N–H and O–H groups in total. The van der Waals surface area contributed by atoms with Crippen molar-refractivity contribution in [3.63, 3.8) is 0 Å². The molecule has 0 saturated carbocycles. The van der Waals surface area contributed by atoms with Crippen LogP contribution in [0.15, 0.2) is 30.3 Å². The number of likely N-dealkylation sites (N-methyl/N-ethyl adjacent to an activating group) is 1. The summed E-state index contributed by atoms with van der Waals surface area (Å²) in [5, 5.41) is 9.43. The molecule has 1 heterocycles. The van der Waals surface area contributed by atoms with Crippen LogP contribution in [0.5, 0.6) is 0 Å². The average Bonchev–Trinajstić information content (AvgIpc) is 2.45. The van der Waals surface area contributed by atoms with Crippen molar-refractivity contribution >= 4 is 5.91 Å². The van der Waals surface area contributed by atoms with E-state index in [0.717, 1.165) is 18.7 Å². The van der Waals surface area contributed by atoms with Crippen LogP contribution in [0.3, 0.4) is 0 Å². The Labute approximate surface area is 120 Å². The van der Waals surface area contributed by atoms with Gasteiger partial charge in [0.2, 0.25) is 5.91 Å². The SMILES string of the molecule is CN1CCN(CC(C#N)c2ccccc2)C(C)(C)C1=O. The summed E-state index contributed by atoms with van der Waals surface area (Å²) >= 11 is 0. The van der Waals surface area contributed by atoms with E-state index in [2.05, 4.69) is 11.0 Å². The molecule has 0 aliphatic carbocycles. The van der Waals surface area contributed by atoms with Crippen LogP contribution in [0.25, 0.3) is 0 Å². The first kappa shape index (κ1) is 14.5. The number of nitriles is 1. The maximum atomic E-state index is 12.3. The molecule has 1 amide bonds. The van der Waals surface area contributed by atoms with Crippen LogP contribution in [0, 0.1) is 11.3 Å². The van der Waals surface area contributed by atoms with Crippen LogP contribution < -0.4 is 0 Å². The molecule has 1 aliphatic rings. The highest BCUT2D eigenvalue weighted by Crippen LogP contribution is 2.25. The van der Waals surface area contributed by atoms with Crippen LogP contribution in [0.1, 0.15) is 25.3 Å². The molecular formula is C16H21N3O. The second kappa shape index (κ2) is 5.64. The monoisotopic (exact) mass is 271 g/mol. The van der Waals surface area contributed by atoms with Crippen LogP contribution >= 0.6 is 0 Å². The van der Waals surface area contributed by atoms with Crippen molar-refractivity contribution in [1.29, 1.82) is 5.26 Å². The minimum absolute atomic E-state index is 0.119. The molecule has 1 unspecified atom stereocenters. The fourth-order valence-electron chi connectivity index (χ4n) is 2.70. The Morgan fingerprint density at radius 3 is 2.55 bits per heavy atom. The van der Waals surface area contributed by atoms with Crippen molar-refractivity contribution < 1.29 is 4.79 Å². The van der Waals surface area contributed by atoms with Gasteiger partial charge in [0, 0.05) is 26.7 Å². The molecule has 1 atom stereocenters. The third kappa shape index (κ3) is 2.68. The average molecular weight is 271 g/mol. The van der Waals surface area contributed by atoms with Crippen LogP contribution in [-0.2, 0) is 4.79 Å². The van der Waals surface area contributed by atoms with Crippen molar-refractivity contribution in [3.05, 3.63) is 35.9 Å². The van der Waals surface area contributed by atoms with Crippen molar-refractivity contribution in [2.75, 3.05) is 26.7 Å². The normalized spacial score (nSPS) is 20.5. The largest absolute Gasteiger partial charge is 0.343 e. The van der Waals surface area contributed by atoms with Crippen molar-refractivity contribution in [1.82, 2.24) is 9.80 Å². The number of piperazine rings is 1. The fourth-order valence-corrected chi connectivity index (χ4v) is 2.70. The molecule has 1 aliphatic heterocycles. The molecule has 106 valence electrons. The molecule has 1 aromatic rings. The van der Waals surface area contributed by atoms with E-state index in [1.165, 1.54) is 0 Å². The topological polar surface area (TPSA) is 47.3 Å². The quantitative estimate of drug-likeness (QED) is 0.843. The molecule has 0 aromatic heterocycles. The van der Waals surface area contributed by atoms with Crippen molar-refractivity contribution in [3.8, 4) is 6.07 Å².